The van der Waals surface area contributed by atoms with Gasteiger partial charge in [0.25, 0.3) is 0 Å². The highest BCUT2D eigenvalue weighted by Gasteiger charge is 2.24. The molecule has 0 aromatic heterocycles. The van der Waals surface area contributed by atoms with E-state index in [4.69, 9.17) is 4.74 Å². The van der Waals surface area contributed by atoms with Gasteiger partial charge in [-0.05, 0) is 18.8 Å². The van der Waals surface area contributed by atoms with Gasteiger partial charge < -0.3 is 15.0 Å². The van der Waals surface area contributed by atoms with E-state index in [0.717, 1.165) is 58.2 Å². The van der Waals surface area contributed by atoms with Crippen LogP contribution < -0.4 is 5.32 Å². The fourth-order valence-electron chi connectivity index (χ4n) is 2.92. The predicted octanol–water partition coefficient (Wildman–Crippen LogP) is 0.555. The number of ether oxygens (including phenoxy) is 1. The topological polar surface area (TPSA) is 44.8 Å². The molecule has 1 amide bonds. The lowest BCUT2D eigenvalue weighted by molar-refractivity contribution is -0.131. The van der Waals surface area contributed by atoms with Crippen LogP contribution in [0, 0.1) is 5.92 Å². The first-order valence-corrected chi connectivity index (χ1v) is 7.96. The molecule has 2 heterocycles. The minimum absolute atomic E-state index is 0.253. The molecule has 0 aromatic rings. The number of rotatable bonds is 5. The molecule has 0 spiro atoms. The standard InChI is InChI=1S/C15H29N3O2/c1-13(2)16-11-15(19)18-5-3-14(4-6-18)12-17-7-9-20-10-8-17/h13-14,16H,3-12H2,1-2H3. The summed E-state index contributed by atoms with van der Waals surface area (Å²) < 4.78 is 5.38. The van der Waals surface area contributed by atoms with Crippen LogP contribution in [0.3, 0.4) is 0 Å². The fourth-order valence-corrected chi connectivity index (χ4v) is 2.92. The molecule has 0 atom stereocenters. The molecule has 2 saturated heterocycles. The monoisotopic (exact) mass is 283 g/mol. The van der Waals surface area contributed by atoms with Gasteiger partial charge in [-0.3, -0.25) is 9.69 Å². The van der Waals surface area contributed by atoms with Crippen LogP contribution in [0.15, 0.2) is 0 Å². The SMILES string of the molecule is CC(C)NCC(=O)N1CCC(CN2CCOCC2)CC1. The van der Waals surface area contributed by atoms with Crippen molar-refractivity contribution in [2.45, 2.75) is 32.7 Å². The summed E-state index contributed by atoms with van der Waals surface area (Å²) in [5.74, 6) is 0.999. The molecule has 5 nitrogen and oxygen atoms in total. The Balaban J connectivity index is 1.65. The number of likely N-dealkylation sites (tertiary alicyclic amines) is 1. The van der Waals surface area contributed by atoms with Crippen LogP contribution in [0.25, 0.3) is 0 Å². The third-order valence-electron chi connectivity index (χ3n) is 4.25. The van der Waals surface area contributed by atoms with Gasteiger partial charge in [-0.2, -0.15) is 0 Å². The minimum atomic E-state index is 0.253. The lowest BCUT2D eigenvalue weighted by Crippen LogP contribution is -2.46. The molecule has 0 saturated carbocycles. The summed E-state index contributed by atoms with van der Waals surface area (Å²) in [5.41, 5.74) is 0. The molecule has 1 N–H and O–H groups in total. The Kier molecular flexibility index (Phi) is 6.26. The maximum Gasteiger partial charge on any atom is 0.236 e. The molecule has 2 aliphatic rings. The Bertz CT molecular complexity index is 295. The van der Waals surface area contributed by atoms with Crippen molar-refractivity contribution in [3.05, 3.63) is 0 Å². The third-order valence-corrected chi connectivity index (χ3v) is 4.25. The largest absolute Gasteiger partial charge is 0.379 e. The van der Waals surface area contributed by atoms with E-state index < -0.39 is 0 Å². The zero-order valence-corrected chi connectivity index (χ0v) is 12.9. The lowest BCUT2D eigenvalue weighted by Gasteiger charge is -2.36. The van der Waals surface area contributed by atoms with Crippen molar-refractivity contribution in [3.8, 4) is 0 Å². The third kappa shape index (κ3) is 5.04. The van der Waals surface area contributed by atoms with Gasteiger partial charge in [0.1, 0.15) is 0 Å². The Labute approximate surface area is 122 Å². The van der Waals surface area contributed by atoms with Gasteiger partial charge in [-0.15, -0.1) is 0 Å². The van der Waals surface area contributed by atoms with Crippen molar-refractivity contribution in [1.29, 1.82) is 0 Å². The quantitative estimate of drug-likeness (QED) is 0.800. The van der Waals surface area contributed by atoms with Gasteiger partial charge in [0.05, 0.1) is 19.8 Å². The number of carbonyl (C=O) groups is 1. The van der Waals surface area contributed by atoms with Gasteiger partial charge >= 0.3 is 0 Å². The summed E-state index contributed by atoms with van der Waals surface area (Å²) in [6.45, 7) is 11.5. The number of nitrogens with zero attached hydrogens (tertiary/aromatic N) is 2. The molecule has 0 aliphatic carbocycles. The van der Waals surface area contributed by atoms with Gasteiger partial charge in [-0.25, -0.2) is 0 Å². The van der Waals surface area contributed by atoms with E-state index >= 15 is 0 Å². The predicted molar refractivity (Wildman–Crippen MR) is 79.7 cm³/mol. The van der Waals surface area contributed by atoms with E-state index in [-0.39, 0.29) is 5.91 Å². The molecular formula is C15H29N3O2. The first-order valence-electron chi connectivity index (χ1n) is 7.96. The van der Waals surface area contributed by atoms with E-state index in [2.05, 4.69) is 24.1 Å². The van der Waals surface area contributed by atoms with Crippen LogP contribution in [0.1, 0.15) is 26.7 Å². The molecular weight excluding hydrogens is 254 g/mol. The maximum absolute atomic E-state index is 12.0. The number of nitrogens with one attached hydrogen (secondary N) is 1. The Morgan fingerprint density at radius 2 is 1.85 bits per heavy atom. The molecule has 2 rings (SSSR count). The van der Waals surface area contributed by atoms with E-state index in [1.165, 1.54) is 6.54 Å². The van der Waals surface area contributed by atoms with Crippen molar-refractivity contribution in [2.75, 3.05) is 52.5 Å². The molecule has 116 valence electrons. The zero-order chi connectivity index (χ0) is 14.4. The van der Waals surface area contributed by atoms with E-state index in [1.807, 2.05) is 4.90 Å². The number of amides is 1. The molecule has 20 heavy (non-hydrogen) atoms. The maximum atomic E-state index is 12.0. The number of carbonyl (C=O) groups excluding carboxylic acids is 1. The summed E-state index contributed by atoms with van der Waals surface area (Å²) in [5, 5.41) is 3.21. The van der Waals surface area contributed by atoms with Gasteiger partial charge in [0, 0.05) is 38.8 Å². The van der Waals surface area contributed by atoms with E-state index in [9.17, 15) is 4.79 Å². The second-order valence-corrected chi connectivity index (χ2v) is 6.27. The summed E-state index contributed by atoms with van der Waals surface area (Å²) in [7, 11) is 0. The highest BCUT2D eigenvalue weighted by Crippen LogP contribution is 2.19. The molecule has 2 aliphatic heterocycles. The van der Waals surface area contributed by atoms with Crippen molar-refractivity contribution in [1.82, 2.24) is 15.1 Å². The summed E-state index contributed by atoms with van der Waals surface area (Å²) in [6.07, 6.45) is 2.29. The first-order chi connectivity index (χ1) is 9.65. The van der Waals surface area contributed by atoms with Crippen LogP contribution in [0.5, 0.6) is 0 Å². The average molecular weight is 283 g/mol. The zero-order valence-electron chi connectivity index (χ0n) is 12.9. The summed E-state index contributed by atoms with van der Waals surface area (Å²) in [4.78, 5) is 16.6. The van der Waals surface area contributed by atoms with E-state index in [0.29, 0.717) is 12.6 Å². The molecule has 2 fully saturated rings. The molecule has 5 heteroatoms. The summed E-state index contributed by atoms with van der Waals surface area (Å²) in [6, 6.07) is 0.373. The van der Waals surface area contributed by atoms with Crippen molar-refractivity contribution in [2.24, 2.45) is 5.92 Å². The second kappa shape index (κ2) is 7.96. The van der Waals surface area contributed by atoms with Crippen LogP contribution in [-0.4, -0.2) is 74.2 Å². The van der Waals surface area contributed by atoms with Crippen molar-refractivity contribution in [3.63, 3.8) is 0 Å². The Morgan fingerprint density at radius 1 is 1.20 bits per heavy atom. The number of hydrogen-bond acceptors (Lipinski definition) is 4. The normalized spacial score (nSPS) is 22.4. The van der Waals surface area contributed by atoms with Crippen molar-refractivity contribution < 1.29 is 9.53 Å². The van der Waals surface area contributed by atoms with Crippen LogP contribution in [0.2, 0.25) is 0 Å². The number of hydrogen-bond donors (Lipinski definition) is 1. The van der Waals surface area contributed by atoms with Crippen molar-refractivity contribution >= 4 is 5.91 Å². The van der Waals surface area contributed by atoms with Crippen LogP contribution in [-0.2, 0) is 9.53 Å². The second-order valence-electron chi connectivity index (χ2n) is 6.27. The number of piperidine rings is 1. The fraction of sp³-hybridized carbons (Fsp3) is 0.933. The smallest absolute Gasteiger partial charge is 0.236 e. The van der Waals surface area contributed by atoms with Gasteiger partial charge in [-0.1, -0.05) is 13.8 Å². The van der Waals surface area contributed by atoms with Crippen LogP contribution in [0.4, 0.5) is 0 Å². The Hall–Kier alpha value is -0.650. The number of morpholine rings is 1. The summed E-state index contributed by atoms with van der Waals surface area (Å²) >= 11 is 0. The highest BCUT2D eigenvalue weighted by atomic mass is 16.5. The lowest BCUT2D eigenvalue weighted by atomic mass is 9.96. The Morgan fingerprint density at radius 3 is 2.45 bits per heavy atom. The van der Waals surface area contributed by atoms with E-state index in [1.54, 1.807) is 0 Å². The molecule has 0 radical (unpaired) electrons. The molecule has 0 bridgehead atoms. The minimum Gasteiger partial charge on any atom is -0.379 e. The first kappa shape index (κ1) is 15.7. The van der Waals surface area contributed by atoms with Crippen LogP contribution >= 0.6 is 0 Å². The average Bonchev–Trinajstić information content (AvgIpc) is 2.46. The highest BCUT2D eigenvalue weighted by molar-refractivity contribution is 5.78. The molecule has 0 aromatic carbocycles. The van der Waals surface area contributed by atoms with Gasteiger partial charge in [0.15, 0.2) is 0 Å². The molecule has 0 unspecified atom stereocenters. The van der Waals surface area contributed by atoms with Gasteiger partial charge in [0.2, 0.25) is 5.91 Å².